The summed E-state index contributed by atoms with van der Waals surface area (Å²) in [7, 11) is -3.27. The molecular formula is C8H15O5P. The Kier molecular flexibility index (Phi) is 5.37. The van der Waals surface area contributed by atoms with E-state index in [-0.39, 0.29) is 6.61 Å². The molecule has 0 N–H and O–H groups in total. The first-order valence-corrected chi connectivity index (χ1v) is 5.95. The average Bonchev–Trinajstić information content (AvgIpc) is 2.18. The summed E-state index contributed by atoms with van der Waals surface area (Å²) < 4.78 is 31.4. The summed E-state index contributed by atoms with van der Waals surface area (Å²) >= 11 is 0. The third kappa shape index (κ3) is 4.35. The Hall–Kier alpha value is -0.190. The highest BCUT2D eigenvalue weighted by molar-refractivity contribution is 7.48. The molecule has 0 unspecified atom stereocenters. The van der Waals surface area contributed by atoms with Crippen LogP contribution in [-0.4, -0.2) is 33.0 Å². The molecule has 82 valence electrons. The molecule has 1 saturated heterocycles. The van der Waals surface area contributed by atoms with Crippen LogP contribution >= 0.6 is 7.82 Å². The number of rotatable bonds is 6. The van der Waals surface area contributed by atoms with Gasteiger partial charge in [0.2, 0.25) is 0 Å². The third-order valence-corrected chi connectivity index (χ3v) is 3.00. The van der Waals surface area contributed by atoms with Crippen LogP contribution in [0.2, 0.25) is 0 Å². The summed E-state index contributed by atoms with van der Waals surface area (Å²) in [4.78, 5) is 0. The van der Waals surface area contributed by atoms with Gasteiger partial charge in [0.05, 0.1) is 33.0 Å². The van der Waals surface area contributed by atoms with Crippen molar-refractivity contribution in [3.05, 3.63) is 12.7 Å². The molecular weight excluding hydrogens is 207 g/mol. The third-order valence-electron chi connectivity index (χ3n) is 1.50. The van der Waals surface area contributed by atoms with Gasteiger partial charge in [0.25, 0.3) is 0 Å². The predicted molar refractivity (Wildman–Crippen MR) is 51.1 cm³/mol. The molecule has 0 aromatic rings. The quantitative estimate of drug-likeness (QED) is 0.389. The van der Waals surface area contributed by atoms with Crippen molar-refractivity contribution in [1.82, 2.24) is 0 Å². The van der Waals surface area contributed by atoms with E-state index in [1.165, 1.54) is 0 Å². The molecule has 0 aliphatic carbocycles. The SMILES string of the molecule is C=CCOCCOP1(=O)OCCCO1. The van der Waals surface area contributed by atoms with Gasteiger partial charge in [0.1, 0.15) is 0 Å². The van der Waals surface area contributed by atoms with Gasteiger partial charge in [0, 0.05) is 0 Å². The molecule has 6 heteroatoms. The minimum absolute atomic E-state index is 0.200. The summed E-state index contributed by atoms with van der Waals surface area (Å²) in [6, 6.07) is 0. The number of phosphoric acid groups is 1. The van der Waals surface area contributed by atoms with Crippen molar-refractivity contribution in [3.8, 4) is 0 Å². The smallest absolute Gasteiger partial charge is 0.375 e. The summed E-state index contributed by atoms with van der Waals surface area (Å²) in [5.41, 5.74) is 0. The molecule has 1 aliphatic rings. The molecule has 0 spiro atoms. The molecule has 5 nitrogen and oxygen atoms in total. The summed E-state index contributed by atoms with van der Waals surface area (Å²) in [6.07, 6.45) is 2.38. The van der Waals surface area contributed by atoms with E-state index in [4.69, 9.17) is 18.3 Å². The van der Waals surface area contributed by atoms with Crippen LogP contribution in [-0.2, 0) is 22.9 Å². The maximum Gasteiger partial charge on any atom is 0.474 e. The first kappa shape index (κ1) is 11.9. The van der Waals surface area contributed by atoms with Gasteiger partial charge in [-0.05, 0) is 6.42 Å². The molecule has 0 atom stereocenters. The van der Waals surface area contributed by atoms with Crippen molar-refractivity contribution < 1.29 is 22.9 Å². The molecule has 1 aliphatic heterocycles. The molecule has 0 bridgehead atoms. The summed E-state index contributed by atoms with van der Waals surface area (Å²) in [5.74, 6) is 0. The monoisotopic (exact) mass is 222 g/mol. The lowest BCUT2D eigenvalue weighted by Crippen LogP contribution is -2.12. The topological polar surface area (TPSA) is 54.0 Å². The zero-order valence-electron chi connectivity index (χ0n) is 8.02. The fraction of sp³-hybridized carbons (Fsp3) is 0.750. The molecule has 14 heavy (non-hydrogen) atoms. The van der Waals surface area contributed by atoms with E-state index in [2.05, 4.69) is 6.58 Å². The predicted octanol–water partition coefficient (Wildman–Crippen LogP) is 1.75. The van der Waals surface area contributed by atoms with E-state index in [0.29, 0.717) is 26.4 Å². The van der Waals surface area contributed by atoms with Gasteiger partial charge in [-0.15, -0.1) is 6.58 Å². The summed E-state index contributed by atoms with van der Waals surface area (Å²) in [6.45, 7) is 5.34. The van der Waals surface area contributed by atoms with Crippen molar-refractivity contribution in [2.75, 3.05) is 33.0 Å². The van der Waals surface area contributed by atoms with Crippen LogP contribution in [0.1, 0.15) is 6.42 Å². The zero-order valence-corrected chi connectivity index (χ0v) is 8.91. The fourth-order valence-electron chi connectivity index (χ4n) is 0.898. The molecule has 0 aromatic carbocycles. The van der Waals surface area contributed by atoms with Crippen molar-refractivity contribution >= 4 is 7.82 Å². The van der Waals surface area contributed by atoms with Crippen molar-refractivity contribution in [3.63, 3.8) is 0 Å². The highest BCUT2D eigenvalue weighted by atomic mass is 31.2. The fourth-order valence-corrected chi connectivity index (χ4v) is 2.13. The second kappa shape index (κ2) is 6.32. The minimum atomic E-state index is -3.27. The Morgan fingerprint density at radius 2 is 2.07 bits per heavy atom. The molecule has 0 aromatic heterocycles. The minimum Gasteiger partial charge on any atom is -0.375 e. The first-order chi connectivity index (χ1) is 6.77. The van der Waals surface area contributed by atoms with Crippen LogP contribution in [0.3, 0.4) is 0 Å². The standard InChI is InChI=1S/C8H15O5P/c1-2-4-10-7-8-13-14(9)11-5-3-6-12-14/h2H,1,3-8H2. The van der Waals surface area contributed by atoms with Crippen LogP contribution in [0.5, 0.6) is 0 Å². The Morgan fingerprint density at radius 3 is 2.71 bits per heavy atom. The van der Waals surface area contributed by atoms with E-state index >= 15 is 0 Å². The zero-order chi connectivity index (χ0) is 10.3. The normalized spacial score (nSPS) is 20.6. The summed E-state index contributed by atoms with van der Waals surface area (Å²) in [5, 5.41) is 0. The first-order valence-electron chi connectivity index (χ1n) is 4.49. The number of phosphoric ester groups is 1. The highest BCUT2D eigenvalue weighted by Crippen LogP contribution is 2.51. The van der Waals surface area contributed by atoms with E-state index in [1.807, 2.05) is 0 Å². The van der Waals surface area contributed by atoms with E-state index in [1.54, 1.807) is 6.08 Å². The van der Waals surface area contributed by atoms with Crippen molar-refractivity contribution in [1.29, 1.82) is 0 Å². The second-order valence-corrected chi connectivity index (χ2v) is 4.33. The van der Waals surface area contributed by atoms with Crippen LogP contribution in [0, 0.1) is 0 Å². The maximum absolute atomic E-state index is 11.5. The number of hydrogen-bond acceptors (Lipinski definition) is 5. The van der Waals surface area contributed by atoms with Crippen LogP contribution in [0.15, 0.2) is 12.7 Å². The van der Waals surface area contributed by atoms with E-state index in [0.717, 1.165) is 6.42 Å². The van der Waals surface area contributed by atoms with Crippen LogP contribution in [0.25, 0.3) is 0 Å². The van der Waals surface area contributed by atoms with Gasteiger partial charge in [-0.1, -0.05) is 6.08 Å². The van der Waals surface area contributed by atoms with Gasteiger partial charge in [-0.2, -0.15) is 0 Å². The lowest BCUT2D eigenvalue weighted by Gasteiger charge is -2.21. The molecule has 0 radical (unpaired) electrons. The maximum atomic E-state index is 11.5. The lowest BCUT2D eigenvalue weighted by molar-refractivity contribution is 0.0519. The van der Waals surface area contributed by atoms with Crippen LogP contribution in [0.4, 0.5) is 0 Å². The van der Waals surface area contributed by atoms with Gasteiger partial charge in [-0.3, -0.25) is 13.6 Å². The van der Waals surface area contributed by atoms with Gasteiger partial charge >= 0.3 is 7.82 Å². The lowest BCUT2D eigenvalue weighted by atomic mass is 10.5. The molecule has 0 amide bonds. The Balaban J connectivity index is 2.09. The van der Waals surface area contributed by atoms with Gasteiger partial charge in [-0.25, -0.2) is 4.57 Å². The second-order valence-electron chi connectivity index (χ2n) is 2.66. The van der Waals surface area contributed by atoms with E-state index in [9.17, 15) is 4.57 Å². The molecule has 1 fully saturated rings. The molecule has 1 heterocycles. The highest BCUT2D eigenvalue weighted by Gasteiger charge is 2.29. The van der Waals surface area contributed by atoms with Crippen molar-refractivity contribution in [2.24, 2.45) is 0 Å². The van der Waals surface area contributed by atoms with Crippen molar-refractivity contribution in [2.45, 2.75) is 6.42 Å². The Bertz CT molecular complexity index is 208. The van der Waals surface area contributed by atoms with Gasteiger partial charge < -0.3 is 4.74 Å². The van der Waals surface area contributed by atoms with E-state index < -0.39 is 7.82 Å². The Labute approximate surface area is 83.6 Å². The van der Waals surface area contributed by atoms with Crippen LogP contribution < -0.4 is 0 Å². The largest absolute Gasteiger partial charge is 0.474 e. The average molecular weight is 222 g/mol. The number of ether oxygens (including phenoxy) is 1. The molecule has 0 saturated carbocycles. The Morgan fingerprint density at radius 1 is 1.36 bits per heavy atom. The molecule has 1 rings (SSSR count). The van der Waals surface area contributed by atoms with Gasteiger partial charge in [0.15, 0.2) is 0 Å². The number of hydrogen-bond donors (Lipinski definition) is 0.